The minimum Gasteiger partial charge on any atom is -0.367 e. The molecular formula is C18H19FN2O2S. The average molecular weight is 346 g/mol. The molecule has 0 saturated heterocycles. The highest BCUT2D eigenvalue weighted by molar-refractivity contribution is 8.00. The Morgan fingerprint density at radius 3 is 2.38 bits per heavy atom. The molecular weight excluding hydrogens is 327 g/mol. The summed E-state index contributed by atoms with van der Waals surface area (Å²) in [5.74, 6) is -0.683. The molecule has 1 atom stereocenters. The van der Waals surface area contributed by atoms with Gasteiger partial charge in [0.15, 0.2) is 10.7 Å². The molecule has 0 saturated carbocycles. The first kappa shape index (κ1) is 18.2. The van der Waals surface area contributed by atoms with E-state index in [-0.39, 0.29) is 5.78 Å². The van der Waals surface area contributed by atoms with Crippen LogP contribution in [0.3, 0.4) is 0 Å². The maximum Gasteiger partial charge on any atom is 0.252 e. The van der Waals surface area contributed by atoms with E-state index in [0.29, 0.717) is 22.4 Å². The number of carbonyl (C=O) groups excluding carboxylic acids is 2. The van der Waals surface area contributed by atoms with Gasteiger partial charge in [-0.3, -0.25) is 9.59 Å². The fraction of sp³-hybridized carbons (Fsp3) is 0.222. The zero-order chi connectivity index (χ0) is 17.7. The summed E-state index contributed by atoms with van der Waals surface area (Å²) in [5.41, 5.74) is 12.9. The summed E-state index contributed by atoms with van der Waals surface area (Å²) in [7, 11) is 0. The molecule has 0 spiro atoms. The fourth-order valence-corrected chi connectivity index (χ4v) is 3.18. The monoisotopic (exact) mass is 346 g/mol. The van der Waals surface area contributed by atoms with Crippen LogP contribution in [0.5, 0.6) is 0 Å². The molecule has 2 aromatic carbocycles. The quantitative estimate of drug-likeness (QED) is 0.596. The second-order valence-electron chi connectivity index (χ2n) is 5.37. The molecule has 2 rings (SSSR count). The molecule has 0 fully saturated rings. The van der Waals surface area contributed by atoms with Gasteiger partial charge in [0, 0.05) is 11.1 Å². The lowest BCUT2D eigenvalue weighted by Crippen LogP contribution is -2.46. The number of thioether (sulfide) groups is 1. The summed E-state index contributed by atoms with van der Waals surface area (Å²) < 4.78 is 13.0. The maximum absolute atomic E-state index is 13.0. The number of ketones is 1. The van der Waals surface area contributed by atoms with Gasteiger partial charge in [0.05, 0.1) is 0 Å². The van der Waals surface area contributed by atoms with Crippen molar-refractivity contribution in [2.45, 2.75) is 18.2 Å². The number of halogens is 1. The standard InChI is InChI=1S/C18H19FN2O2S/c1-2-10-24-18(21,17(20)23)14-5-3-4-13(11-14)16(22)12-6-8-15(19)9-7-12/h3-9,11H,2,10,21H2,1H3,(H2,20,23). The second kappa shape index (κ2) is 7.59. The van der Waals surface area contributed by atoms with Crippen molar-refractivity contribution in [2.24, 2.45) is 11.5 Å². The largest absolute Gasteiger partial charge is 0.367 e. The van der Waals surface area contributed by atoms with Crippen LogP contribution in [0.2, 0.25) is 0 Å². The number of nitrogens with two attached hydrogens (primary N) is 2. The first-order valence-corrected chi connectivity index (χ1v) is 8.50. The van der Waals surface area contributed by atoms with Gasteiger partial charge in [0.1, 0.15) is 5.82 Å². The number of rotatable bonds is 7. The zero-order valence-electron chi connectivity index (χ0n) is 13.3. The summed E-state index contributed by atoms with van der Waals surface area (Å²) >= 11 is 1.25. The predicted molar refractivity (Wildman–Crippen MR) is 94.1 cm³/mol. The Bertz CT molecular complexity index is 749. The Morgan fingerprint density at radius 1 is 1.12 bits per heavy atom. The average Bonchev–Trinajstić information content (AvgIpc) is 2.59. The normalized spacial score (nSPS) is 13.3. The van der Waals surface area contributed by atoms with Crippen LogP contribution in [-0.4, -0.2) is 17.4 Å². The van der Waals surface area contributed by atoms with Crippen LogP contribution in [0, 0.1) is 5.82 Å². The van der Waals surface area contributed by atoms with Gasteiger partial charge in [0.25, 0.3) is 5.91 Å². The summed E-state index contributed by atoms with van der Waals surface area (Å²) in [6.07, 6.45) is 0.838. The van der Waals surface area contributed by atoms with Gasteiger partial charge in [-0.05, 0) is 48.1 Å². The predicted octanol–water partition coefficient (Wildman–Crippen LogP) is 2.80. The highest BCUT2D eigenvalue weighted by Crippen LogP contribution is 2.32. The Morgan fingerprint density at radius 2 is 1.79 bits per heavy atom. The van der Waals surface area contributed by atoms with Crippen LogP contribution in [0.4, 0.5) is 4.39 Å². The molecule has 24 heavy (non-hydrogen) atoms. The number of carbonyl (C=O) groups is 2. The van der Waals surface area contributed by atoms with Crippen molar-refractivity contribution in [3.05, 3.63) is 71.0 Å². The van der Waals surface area contributed by atoms with Crippen LogP contribution in [0.15, 0.2) is 48.5 Å². The van der Waals surface area contributed by atoms with Gasteiger partial charge < -0.3 is 11.5 Å². The Balaban J connectivity index is 2.38. The van der Waals surface area contributed by atoms with E-state index in [9.17, 15) is 14.0 Å². The molecule has 0 aromatic heterocycles. The molecule has 1 amide bonds. The minimum absolute atomic E-state index is 0.274. The van der Waals surface area contributed by atoms with Crippen LogP contribution in [0.25, 0.3) is 0 Å². The lowest BCUT2D eigenvalue weighted by atomic mass is 9.98. The molecule has 0 aliphatic rings. The van der Waals surface area contributed by atoms with Crippen molar-refractivity contribution >= 4 is 23.5 Å². The third-order valence-corrected chi connectivity index (χ3v) is 5.06. The van der Waals surface area contributed by atoms with Crippen molar-refractivity contribution in [2.75, 3.05) is 5.75 Å². The lowest BCUT2D eigenvalue weighted by molar-refractivity contribution is -0.120. The Kier molecular flexibility index (Phi) is 5.75. The second-order valence-corrected chi connectivity index (χ2v) is 6.71. The van der Waals surface area contributed by atoms with Gasteiger partial charge in [-0.25, -0.2) is 4.39 Å². The van der Waals surface area contributed by atoms with Crippen molar-refractivity contribution in [3.63, 3.8) is 0 Å². The minimum atomic E-state index is -1.39. The van der Waals surface area contributed by atoms with E-state index in [0.717, 1.165) is 6.42 Å². The van der Waals surface area contributed by atoms with Crippen molar-refractivity contribution < 1.29 is 14.0 Å². The molecule has 6 heteroatoms. The van der Waals surface area contributed by atoms with Crippen LogP contribution < -0.4 is 11.5 Å². The summed E-state index contributed by atoms with van der Waals surface area (Å²) in [5, 5.41) is 0. The first-order valence-electron chi connectivity index (χ1n) is 7.52. The number of benzene rings is 2. The SMILES string of the molecule is CCCSC(N)(C(N)=O)c1cccc(C(=O)c2ccc(F)cc2)c1. The topological polar surface area (TPSA) is 86.2 Å². The molecule has 4 nitrogen and oxygen atoms in total. The molecule has 0 radical (unpaired) electrons. The Labute approximate surface area is 144 Å². The van der Waals surface area contributed by atoms with Crippen molar-refractivity contribution in [3.8, 4) is 0 Å². The number of amides is 1. The van der Waals surface area contributed by atoms with E-state index in [2.05, 4.69) is 0 Å². The zero-order valence-corrected chi connectivity index (χ0v) is 14.1. The maximum atomic E-state index is 13.0. The fourth-order valence-electron chi connectivity index (χ4n) is 2.22. The molecule has 1 unspecified atom stereocenters. The first-order chi connectivity index (χ1) is 11.4. The molecule has 0 bridgehead atoms. The summed E-state index contributed by atoms with van der Waals surface area (Å²) in [6, 6.07) is 11.8. The number of hydrogen-bond acceptors (Lipinski definition) is 4. The molecule has 4 N–H and O–H groups in total. The van der Waals surface area contributed by atoms with E-state index < -0.39 is 16.6 Å². The van der Waals surface area contributed by atoms with Crippen LogP contribution in [0.1, 0.15) is 34.8 Å². The number of primary amides is 1. The van der Waals surface area contributed by atoms with Gasteiger partial charge in [-0.15, -0.1) is 11.8 Å². The molecule has 0 heterocycles. The van der Waals surface area contributed by atoms with E-state index in [1.165, 1.54) is 36.0 Å². The molecule has 2 aromatic rings. The van der Waals surface area contributed by atoms with E-state index >= 15 is 0 Å². The van der Waals surface area contributed by atoms with E-state index in [1.807, 2.05) is 6.92 Å². The van der Waals surface area contributed by atoms with Gasteiger partial charge in [-0.1, -0.05) is 25.1 Å². The summed E-state index contributed by atoms with van der Waals surface area (Å²) in [4.78, 5) is 23.0. The number of hydrogen-bond donors (Lipinski definition) is 2. The van der Waals surface area contributed by atoms with E-state index in [1.54, 1.807) is 24.3 Å². The smallest absolute Gasteiger partial charge is 0.252 e. The van der Waals surface area contributed by atoms with E-state index in [4.69, 9.17) is 11.5 Å². The highest BCUT2D eigenvalue weighted by atomic mass is 32.2. The van der Waals surface area contributed by atoms with Gasteiger partial charge in [0.2, 0.25) is 0 Å². The molecule has 0 aliphatic heterocycles. The summed E-state index contributed by atoms with van der Waals surface area (Å²) in [6.45, 7) is 1.98. The molecule has 126 valence electrons. The van der Waals surface area contributed by atoms with Crippen LogP contribution >= 0.6 is 11.8 Å². The van der Waals surface area contributed by atoms with Crippen molar-refractivity contribution in [1.82, 2.24) is 0 Å². The van der Waals surface area contributed by atoms with Crippen molar-refractivity contribution in [1.29, 1.82) is 0 Å². The highest BCUT2D eigenvalue weighted by Gasteiger charge is 2.34. The third-order valence-electron chi connectivity index (χ3n) is 3.56. The molecule has 0 aliphatic carbocycles. The lowest BCUT2D eigenvalue weighted by Gasteiger charge is -2.26. The van der Waals surface area contributed by atoms with Crippen LogP contribution in [-0.2, 0) is 9.67 Å². The van der Waals surface area contributed by atoms with Gasteiger partial charge in [-0.2, -0.15) is 0 Å². The van der Waals surface area contributed by atoms with Gasteiger partial charge >= 0.3 is 0 Å². The third kappa shape index (κ3) is 3.83. The Hall–Kier alpha value is -2.18.